The highest BCUT2D eigenvalue weighted by atomic mass is 32.2. The quantitative estimate of drug-likeness (QED) is 0.416. The van der Waals surface area contributed by atoms with Crippen LogP contribution in [0.25, 0.3) is 11.4 Å². The summed E-state index contributed by atoms with van der Waals surface area (Å²) in [6.07, 6.45) is 1.09. The topological polar surface area (TPSA) is 60.2 Å². The Kier molecular flexibility index (Phi) is 7.06. The Hall–Kier alpha value is -2.64. The van der Waals surface area contributed by atoms with Crippen molar-refractivity contribution < 1.29 is 14.2 Å². The van der Waals surface area contributed by atoms with Crippen LogP contribution in [0.15, 0.2) is 60.3 Å². The van der Waals surface area contributed by atoms with Crippen LogP contribution in [0, 0.1) is 19.7 Å². The highest BCUT2D eigenvalue weighted by Crippen LogP contribution is 2.25. The van der Waals surface area contributed by atoms with Crippen LogP contribution < -0.4 is 4.74 Å². The number of hydrogen-bond donors (Lipinski definition) is 1. The number of aliphatic hydroxyl groups is 1. The van der Waals surface area contributed by atoms with Gasteiger partial charge < -0.3 is 9.84 Å². The van der Waals surface area contributed by atoms with Crippen molar-refractivity contribution >= 4 is 11.8 Å². The zero-order valence-electron chi connectivity index (χ0n) is 16.5. The van der Waals surface area contributed by atoms with Gasteiger partial charge in [0.2, 0.25) is 0 Å². The second-order valence-corrected chi connectivity index (χ2v) is 7.80. The Labute approximate surface area is 174 Å². The Morgan fingerprint density at radius 2 is 1.86 bits per heavy atom. The molecule has 152 valence electrons. The Bertz CT molecular complexity index is 952. The van der Waals surface area contributed by atoms with Gasteiger partial charge in [0.25, 0.3) is 0 Å². The van der Waals surface area contributed by atoms with E-state index in [4.69, 9.17) is 4.74 Å². The molecule has 5 nitrogen and oxygen atoms in total. The number of thioether (sulfide) groups is 1. The largest absolute Gasteiger partial charge is 0.491 e. The Balaban J connectivity index is 1.63. The monoisotopic (exact) mass is 413 g/mol. The molecule has 1 N–H and O–H groups in total. The number of halogens is 1. The fraction of sp³-hybridized carbons (Fsp3) is 0.273. The van der Waals surface area contributed by atoms with Gasteiger partial charge in [0.05, 0.1) is 6.10 Å². The first-order chi connectivity index (χ1) is 14.0. The van der Waals surface area contributed by atoms with Crippen LogP contribution in [0.5, 0.6) is 5.75 Å². The van der Waals surface area contributed by atoms with E-state index in [-0.39, 0.29) is 12.4 Å². The minimum Gasteiger partial charge on any atom is -0.491 e. The maximum atomic E-state index is 13.2. The molecule has 3 aromatic rings. The third-order valence-corrected chi connectivity index (χ3v) is 5.29. The molecule has 0 radical (unpaired) electrons. The summed E-state index contributed by atoms with van der Waals surface area (Å²) in [7, 11) is 0. The predicted molar refractivity (Wildman–Crippen MR) is 114 cm³/mol. The van der Waals surface area contributed by atoms with E-state index in [0.29, 0.717) is 23.3 Å². The summed E-state index contributed by atoms with van der Waals surface area (Å²) in [6.45, 7) is 8.51. The van der Waals surface area contributed by atoms with Gasteiger partial charge in [-0.15, -0.1) is 16.8 Å². The van der Waals surface area contributed by atoms with E-state index in [1.165, 1.54) is 23.9 Å². The molecule has 0 fully saturated rings. The molecular formula is C22H24FN3O2S. The maximum Gasteiger partial charge on any atom is 0.191 e. The summed E-state index contributed by atoms with van der Waals surface area (Å²) in [5.74, 6) is 1.49. The molecule has 29 heavy (non-hydrogen) atoms. The third kappa shape index (κ3) is 5.68. The summed E-state index contributed by atoms with van der Waals surface area (Å²) in [6, 6.07) is 12.1. The lowest BCUT2D eigenvalue weighted by Gasteiger charge is -2.13. The minimum atomic E-state index is -0.663. The van der Waals surface area contributed by atoms with Crippen LogP contribution in [-0.2, 0) is 6.54 Å². The molecule has 7 heteroatoms. The number of allylic oxidation sites excluding steroid dienone is 1. The molecule has 1 atom stereocenters. The lowest BCUT2D eigenvalue weighted by Crippen LogP contribution is -2.20. The molecule has 0 aliphatic rings. The van der Waals surface area contributed by atoms with E-state index in [9.17, 15) is 9.50 Å². The van der Waals surface area contributed by atoms with Crippen molar-refractivity contribution in [3.8, 4) is 17.1 Å². The number of hydrogen-bond acceptors (Lipinski definition) is 5. The van der Waals surface area contributed by atoms with E-state index < -0.39 is 6.10 Å². The van der Waals surface area contributed by atoms with Crippen molar-refractivity contribution in [2.24, 2.45) is 0 Å². The zero-order valence-corrected chi connectivity index (χ0v) is 17.3. The number of ether oxygens (including phenoxy) is 1. The second-order valence-electron chi connectivity index (χ2n) is 6.81. The molecule has 0 amide bonds. The van der Waals surface area contributed by atoms with Gasteiger partial charge in [-0.2, -0.15) is 0 Å². The summed E-state index contributed by atoms with van der Waals surface area (Å²) >= 11 is 1.39. The number of aryl methyl sites for hydroxylation is 2. The molecular weight excluding hydrogens is 389 g/mol. The molecule has 0 saturated heterocycles. The van der Waals surface area contributed by atoms with Crippen molar-refractivity contribution in [2.45, 2.75) is 31.7 Å². The van der Waals surface area contributed by atoms with Gasteiger partial charge in [0.15, 0.2) is 11.0 Å². The summed E-state index contributed by atoms with van der Waals surface area (Å²) in [5, 5.41) is 19.4. The molecule has 0 aliphatic heterocycles. The van der Waals surface area contributed by atoms with Crippen LogP contribution in [0.3, 0.4) is 0 Å². The summed E-state index contributed by atoms with van der Waals surface area (Å²) in [5.41, 5.74) is 3.01. The average Bonchev–Trinajstić information content (AvgIpc) is 3.07. The van der Waals surface area contributed by atoms with Crippen LogP contribution in [0.4, 0.5) is 4.39 Å². The summed E-state index contributed by atoms with van der Waals surface area (Å²) in [4.78, 5) is 0. The molecule has 1 aromatic heterocycles. The van der Waals surface area contributed by atoms with Gasteiger partial charge in [-0.3, -0.25) is 4.57 Å². The van der Waals surface area contributed by atoms with Gasteiger partial charge in [-0.1, -0.05) is 23.9 Å². The molecule has 3 rings (SSSR count). The highest BCUT2D eigenvalue weighted by molar-refractivity contribution is 7.99. The molecule has 0 unspecified atom stereocenters. The van der Waals surface area contributed by atoms with Crippen molar-refractivity contribution in [1.82, 2.24) is 14.8 Å². The van der Waals surface area contributed by atoms with Crippen molar-refractivity contribution in [3.05, 3.63) is 72.1 Å². The molecule has 0 bridgehead atoms. The molecule has 0 aliphatic carbocycles. The van der Waals surface area contributed by atoms with E-state index >= 15 is 0 Å². The van der Waals surface area contributed by atoms with Crippen LogP contribution >= 0.6 is 11.8 Å². The number of rotatable bonds is 9. The van der Waals surface area contributed by atoms with Crippen molar-refractivity contribution in [3.63, 3.8) is 0 Å². The smallest absolute Gasteiger partial charge is 0.191 e. The lowest BCUT2D eigenvalue weighted by atomic mass is 10.1. The normalized spacial score (nSPS) is 12.0. The third-order valence-electron chi connectivity index (χ3n) is 4.17. The van der Waals surface area contributed by atoms with Crippen LogP contribution in [0.1, 0.15) is 11.1 Å². The van der Waals surface area contributed by atoms with E-state index in [0.717, 1.165) is 22.4 Å². The van der Waals surface area contributed by atoms with Crippen LogP contribution in [-0.4, -0.2) is 38.3 Å². The highest BCUT2D eigenvalue weighted by Gasteiger charge is 2.16. The standard InChI is InChI=1S/C22H24FN3O2S/c1-4-9-26-21(17-5-7-18(23)8-6-17)24-25-22(26)29-14-19(27)13-28-20-11-15(2)10-16(3)12-20/h4-8,10-12,19,27H,1,9,13-14H2,2-3H3/t19-/m0/s1. The van der Waals surface area contributed by atoms with Gasteiger partial charge >= 0.3 is 0 Å². The lowest BCUT2D eigenvalue weighted by molar-refractivity contribution is 0.126. The van der Waals surface area contributed by atoms with Crippen LogP contribution in [0.2, 0.25) is 0 Å². The van der Waals surface area contributed by atoms with Gasteiger partial charge in [-0.05, 0) is 61.4 Å². The Morgan fingerprint density at radius 1 is 1.17 bits per heavy atom. The number of aliphatic hydroxyl groups excluding tert-OH is 1. The zero-order chi connectivity index (χ0) is 20.8. The number of nitrogens with zero attached hydrogens (tertiary/aromatic N) is 3. The molecule has 2 aromatic carbocycles. The average molecular weight is 414 g/mol. The molecule has 0 spiro atoms. The minimum absolute atomic E-state index is 0.191. The fourth-order valence-electron chi connectivity index (χ4n) is 2.93. The van der Waals surface area contributed by atoms with E-state index in [1.54, 1.807) is 18.2 Å². The van der Waals surface area contributed by atoms with Crippen molar-refractivity contribution in [1.29, 1.82) is 0 Å². The van der Waals surface area contributed by atoms with Crippen molar-refractivity contribution in [2.75, 3.05) is 12.4 Å². The Morgan fingerprint density at radius 3 is 2.52 bits per heavy atom. The molecule has 0 saturated carbocycles. The van der Waals surface area contributed by atoms with Gasteiger partial charge in [0.1, 0.15) is 18.2 Å². The van der Waals surface area contributed by atoms with E-state index in [1.807, 2.05) is 30.5 Å². The first kappa shape index (κ1) is 21.1. The predicted octanol–water partition coefficient (Wildman–Crippen LogP) is 4.42. The van der Waals surface area contributed by atoms with Gasteiger partial charge in [0, 0.05) is 17.9 Å². The fourth-order valence-corrected chi connectivity index (χ4v) is 3.78. The molecule has 1 heterocycles. The van der Waals surface area contributed by atoms with Gasteiger partial charge in [-0.25, -0.2) is 4.39 Å². The SMILES string of the molecule is C=CCn1c(SC[C@@H](O)COc2cc(C)cc(C)c2)nnc1-c1ccc(F)cc1. The first-order valence-electron chi connectivity index (χ1n) is 9.28. The second kappa shape index (κ2) is 9.71. The van der Waals surface area contributed by atoms with E-state index in [2.05, 4.69) is 22.8 Å². The summed E-state index contributed by atoms with van der Waals surface area (Å²) < 4.78 is 20.8. The number of aromatic nitrogens is 3. The first-order valence-corrected chi connectivity index (χ1v) is 10.3. The maximum absolute atomic E-state index is 13.2. The number of benzene rings is 2.